The van der Waals surface area contributed by atoms with Gasteiger partial charge in [0.05, 0.1) is 6.26 Å². The Bertz CT molecular complexity index is 3080. The first-order valence-corrected chi connectivity index (χ1v) is 17.1. The minimum atomic E-state index is 0.775. The van der Waals surface area contributed by atoms with Crippen molar-refractivity contribution in [2.75, 3.05) is 0 Å². The minimum absolute atomic E-state index is 0.775. The van der Waals surface area contributed by atoms with Crippen LogP contribution in [0.4, 0.5) is 0 Å². The first kappa shape index (κ1) is 27.3. The monoisotopic (exact) mass is 636 g/mol. The summed E-state index contributed by atoms with van der Waals surface area (Å²) in [4.78, 5) is 0. The van der Waals surface area contributed by atoms with Gasteiger partial charge in [-0.25, -0.2) is 0 Å². The molecule has 11 rings (SSSR count). The molecular weight excluding hydrogens is 609 g/mol. The lowest BCUT2D eigenvalue weighted by Gasteiger charge is -2.19. The molecule has 0 N–H and O–H groups in total. The van der Waals surface area contributed by atoms with Crippen molar-refractivity contribution in [1.29, 1.82) is 0 Å². The van der Waals surface area contributed by atoms with E-state index < -0.39 is 0 Å². The lowest BCUT2D eigenvalue weighted by Crippen LogP contribution is -1.92. The molecule has 0 aliphatic heterocycles. The summed E-state index contributed by atoms with van der Waals surface area (Å²) < 4.78 is 13.2. The smallest absolute Gasteiger partial charge is 0.178 e. The Labute approximate surface area is 287 Å². The Balaban J connectivity index is 1.23. The van der Waals surface area contributed by atoms with Crippen LogP contribution in [0.25, 0.3) is 109 Å². The van der Waals surface area contributed by atoms with Crippen LogP contribution in [0.3, 0.4) is 0 Å². The van der Waals surface area contributed by atoms with Gasteiger partial charge in [-0.05, 0) is 78.0 Å². The molecule has 9 aromatic carbocycles. The third kappa shape index (κ3) is 3.79. The lowest BCUT2D eigenvalue weighted by atomic mass is 9.83. The summed E-state index contributed by atoms with van der Waals surface area (Å²) in [6.07, 6.45) is 1.85. The SMILES string of the molecule is c1ccc(-c2coc3c2ccc2c4cccc(-c5c6ccccc6c(-c6cc7ccccc7c7ccccc67)c6ccccc56)c4oc23)cc1. The molecule has 2 aromatic heterocycles. The number of para-hydroxylation sites is 1. The average molecular weight is 637 g/mol. The summed E-state index contributed by atoms with van der Waals surface area (Å²) >= 11 is 0. The summed E-state index contributed by atoms with van der Waals surface area (Å²) in [5.74, 6) is 0. The molecule has 0 fully saturated rings. The standard InChI is InChI=1S/C48H28O2/c1-2-13-29(14-3-1)43-28-49-47-40(43)26-25-39-38-23-12-24-41(46(38)50-48(39)47)44-34-19-8-10-21-36(34)45(37-22-11-9-20-35(37)44)42-27-30-15-4-5-16-31(30)32-17-6-7-18-33(32)42/h1-28H. The molecule has 2 heteroatoms. The van der Waals surface area contributed by atoms with E-state index in [4.69, 9.17) is 8.83 Å². The molecule has 0 bridgehead atoms. The Morgan fingerprint density at radius 2 is 0.840 bits per heavy atom. The number of benzene rings is 9. The topological polar surface area (TPSA) is 26.3 Å². The first-order chi connectivity index (χ1) is 24.8. The van der Waals surface area contributed by atoms with Crippen molar-refractivity contribution in [3.05, 3.63) is 170 Å². The van der Waals surface area contributed by atoms with Gasteiger partial charge < -0.3 is 8.83 Å². The van der Waals surface area contributed by atoms with E-state index in [0.717, 1.165) is 49.6 Å². The van der Waals surface area contributed by atoms with Crippen LogP contribution >= 0.6 is 0 Å². The van der Waals surface area contributed by atoms with Crippen molar-refractivity contribution in [1.82, 2.24) is 0 Å². The normalized spacial score (nSPS) is 12.0. The number of furan rings is 2. The van der Waals surface area contributed by atoms with Crippen molar-refractivity contribution in [3.63, 3.8) is 0 Å². The highest BCUT2D eigenvalue weighted by molar-refractivity contribution is 6.28. The molecule has 0 saturated carbocycles. The Morgan fingerprint density at radius 1 is 0.300 bits per heavy atom. The van der Waals surface area contributed by atoms with E-state index in [2.05, 4.69) is 158 Å². The molecule has 50 heavy (non-hydrogen) atoms. The zero-order valence-electron chi connectivity index (χ0n) is 27.0. The first-order valence-electron chi connectivity index (χ1n) is 17.1. The van der Waals surface area contributed by atoms with Gasteiger partial charge in [-0.1, -0.05) is 146 Å². The van der Waals surface area contributed by atoms with Crippen molar-refractivity contribution in [2.45, 2.75) is 0 Å². The minimum Gasteiger partial charge on any atom is -0.460 e. The summed E-state index contributed by atoms with van der Waals surface area (Å²) in [7, 11) is 0. The molecular formula is C48H28O2. The van der Waals surface area contributed by atoms with Crippen LogP contribution in [0.5, 0.6) is 0 Å². The average Bonchev–Trinajstić information content (AvgIpc) is 3.79. The fourth-order valence-electron chi connectivity index (χ4n) is 8.36. The van der Waals surface area contributed by atoms with E-state index in [1.54, 1.807) is 0 Å². The van der Waals surface area contributed by atoms with Gasteiger partial charge in [0.2, 0.25) is 0 Å². The maximum atomic E-state index is 6.93. The summed E-state index contributed by atoms with van der Waals surface area (Å²) in [6.45, 7) is 0. The molecule has 2 heterocycles. The van der Waals surface area contributed by atoms with Crippen molar-refractivity contribution in [3.8, 4) is 33.4 Å². The van der Waals surface area contributed by atoms with Gasteiger partial charge in [0.1, 0.15) is 5.58 Å². The highest BCUT2D eigenvalue weighted by Gasteiger charge is 2.23. The molecule has 0 atom stereocenters. The summed E-state index contributed by atoms with van der Waals surface area (Å²) in [5, 5.41) is 13.0. The van der Waals surface area contributed by atoms with E-state index in [-0.39, 0.29) is 0 Å². The van der Waals surface area contributed by atoms with Gasteiger partial charge in [-0.15, -0.1) is 0 Å². The number of hydrogen-bond donors (Lipinski definition) is 0. The second kappa shape index (κ2) is 10.4. The summed E-state index contributed by atoms with van der Waals surface area (Å²) in [5.41, 5.74) is 9.36. The van der Waals surface area contributed by atoms with Crippen LogP contribution in [-0.2, 0) is 0 Å². The van der Waals surface area contributed by atoms with Crippen LogP contribution in [0.2, 0.25) is 0 Å². The van der Waals surface area contributed by atoms with Gasteiger partial charge in [-0.3, -0.25) is 0 Å². The van der Waals surface area contributed by atoms with Gasteiger partial charge in [-0.2, -0.15) is 0 Å². The highest BCUT2D eigenvalue weighted by atomic mass is 16.4. The van der Waals surface area contributed by atoms with Crippen LogP contribution < -0.4 is 0 Å². The van der Waals surface area contributed by atoms with Gasteiger partial charge in [0.25, 0.3) is 0 Å². The second-order valence-electron chi connectivity index (χ2n) is 13.2. The highest BCUT2D eigenvalue weighted by Crippen LogP contribution is 2.49. The van der Waals surface area contributed by atoms with Crippen LogP contribution in [0.15, 0.2) is 179 Å². The quantitative estimate of drug-likeness (QED) is 0.142. The third-order valence-electron chi connectivity index (χ3n) is 10.5. The zero-order chi connectivity index (χ0) is 32.8. The van der Waals surface area contributed by atoms with Crippen molar-refractivity contribution >= 4 is 76.0 Å². The Kier molecular flexibility index (Phi) is 5.70. The van der Waals surface area contributed by atoms with Crippen molar-refractivity contribution < 1.29 is 8.83 Å². The van der Waals surface area contributed by atoms with E-state index in [1.807, 2.05) is 12.3 Å². The van der Waals surface area contributed by atoms with Crippen molar-refractivity contribution in [2.24, 2.45) is 0 Å². The maximum Gasteiger partial charge on any atom is 0.178 e. The van der Waals surface area contributed by atoms with Gasteiger partial charge in [0.15, 0.2) is 11.2 Å². The van der Waals surface area contributed by atoms with Crippen LogP contribution in [-0.4, -0.2) is 0 Å². The Morgan fingerprint density at radius 3 is 1.56 bits per heavy atom. The molecule has 0 aliphatic rings. The number of rotatable bonds is 3. The molecule has 0 unspecified atom stereocenters. The fraction of sp³-hybridized carbons (Fsp3) is 0. The predicted molar refractivity (Wildman–Crippen MR) is 210 cm³/mol. The molecule has 2 nitrogen and oxygen atoms in total. The third-order valence-corrected chi connectivity index (χ3v) is 10.5. The molecule has 0 amide bonds. The molecule has 0 aliphatic carbocycles. The fourth-order valence-corrected chi connectivity index (χ4v) is 8.36. The zero-order valence-corrected chi connectivity index (χ0v) is 27.0. The van der Waals surface area contributed by atoms with Gasteiger partial charge >= 0.3 is 0 Å². The molecule has 0 radical (unpaired) electrons. The second-order valence-corrected chi connectivity index (χ2v) is 13.2. The molecule has 232 valence electrons. The Hall–Kier alpha value is -6.64. The largest absolute Gasteiger partial charge is 0.460 e. The predicted octanol–water partition coefficient (Wildman–Crippen LogP) is 13.9. The van der Waals surface area contributed by atoms with E-state index >= 15 is 0 Å². The molecule has 0 spiro atoms. The van der Waals surface area contributed by atoms with E-state index in [1.165, 1.54) is 59.8 Å². The maximum absolute atomic E-state index is 6.93. The molecule has 11 aromatic rings. The van der Waals surface area contributed by atoms with Crippen LogP contribution in [0, 0.1) is 0 Å². The summed E-state index contributed by atoms with van der Waals surface area (Å²) in [6, 6.07) is 58.9. The van der Waals surface area contributed by atoms with Crippen LogP contribution in [0.1, 0.15) is 0 Å². The lowest BCUT2D eigenvalue weighted by molar-refractivity contribution is 0.601. The number of hydrogen-bond acceptors (Lipinski definition) is 2. The number of fused-ring (bicyclic) bond motifs is 10. The molecule has 0 saturated heterocycles. The van der Waals surface area contributed by atoms with Gasteiger partial charge in [0, 0.05) is 32.8 Å². The van der Waals surface area contributed by atoms with E-state index in [0.29, 0.717) is 0 Å². The van der Waals surface area contributed by atoms with E-state index in [9.17, 15) is 0 Å².